The number of hydrogen-bond donors (Lipinski definition) is 0. The van der Waals surface area contributed by atoms with Gasteiger partial charge in [0.15, 0.2) is 0 Å². The highest BCUT2D eigenvalue weighted by atomic mass is 16.5. The molecule has 0 bridgehead atoms. The summed E-state index contributed by atoms with van der Waals surface area (Å²) in [6, 6.07) is 0. The molecule has 0 N–H and O–H groups in total. The summed E-state index contributed by atoms with van der Waals surface area (Å²) in [6.45, 7) is 24.4. The Balaban J connectivity index is -0.000000440. The second kappa shape index (κ2) is 34.3. The second-order valence-corrected chi connectivity index (χ2v) is 5.64. The zero-order valence-electron chi connectivity index (χ0n) is 20.2. The molecule has 0 unspecified atom stereocenters. The summed E-state index contributed by atoms with van der Waals surface area (Å²) in [5.41, 5.74) is 0. The van der Waals surface area contributed by atoms with Crippen molar-refractivity contribution < 1.29 is 38.0 Å². The lowest BCUT2D eigenvalue weighted by molar-refractivity contribution is -0.149. The van der Waals surface area contributed by atoms with Crippen LogP contribution in [-0.2, 0) is 38.0 Å². The lowest BCUT2D eigenvalue weighted by atomic mass is 10.3. The summed E-state index contributed by atoms with van der Waals surface area (Å²) in [6.07, 6.45) is 13.1. The standard InChI is InChI=1S/C10H14O4.C10H16O2.C6H10O2/c1-3-7-13-9(11)5-6-10(12)14-8-4-2;1-3-7-11-9-5-6-10-12-8-4-2;1-3-7-5-6-8-4-2/h3-4H,1-2,5-8H2;3-6H,1-2,7-10H2;3-4H,1-2,5-6H2. The van der Waals surface area contributed by atoms with Crippen LogP contribution in [0, 0.1) is 0 Å². The maximum absolute atomic E-state index is 10.9. The van der Waals surface area contributed by atoms with E-state index in [9.17, 15) is 9.59 Å². The van der Waals surface area contributed by atoms with Gasteiger partial charge in [0.1, 0.15) is 26.4 Å². The molecule has 8 heteroatoms. The average molecular weight is 481 g/mol. The molecule has 0 aliphatic rings. The number of hydrogen-bond acceptors (Lipinski definition) is 8. The minimum absolute atomic E-state index is 0.0316. The highest BCUT2D eigenvalue weighted by Gasteiger charge is 2.07. The van der Waals surface area contributed by atoms with Crippen molar-refractivity contribution in [3.05, 3.63) is 88.5 Å². The summed E-state index contributed by atoms with van der Waals surface area (Å²) in [4.78, 5) is 21.8. The fraction of sp³-hybridized carbons (Fsp3) is 0.385. The molecule has 0 aliphatic carbocycles. The molecule has 0 aromatic rings. The first kappa shape index (κ1) is 35.2. The fourth-order valence-corrected chi connectivity index (χ4v) is 1.49. The fourth-order valence-electron chi connectivity index (χ4n) is 1.49. The minimum Gasteiger partial charge on any atom is -0.498 e. The summed E-state index contributed by atoms with van der Waals surface area (Å²) >= 11 is 0. The van der Waals surface area contributed by atoms with Gasteiger partial charge in [0.25, 0.3) is 0 Å². The van der Waals surface area contributed by atoms with Gasteiger partial charge in [-0.3, -0.25) is 9.59 Å². The molecule has 0 aromatic heterocycles. The molecular weight excluding hydrogens is 440 g/mol. The molecule has 0 aromatic carbocycles. The molecule has 192 valence electrons. The predicted molar refractivity (Wildman–Crippen MR) is 135 cm³/mol. The maximum Gasteiger partial charge on any atom is 0.306 e. The maximum atomic E-state index is 10.9. The van der Waals surface area contributed by atoms with E-state index in [4.69, 9.17) is 18.9 Å². The van der Waals surface area contributed by atoms with Crippen LogP contribution in [0.2, 0.25) is 0 Å². The molecule has 0 fully saturated rings. The summed E-state index contributed by atoms with van der Waals surface area (Å²) < 4.78 is 29.0. The van der Waals surface area contributed by atoms with E-state index in [0.717, 1.165) is 0 Å². The van der Waals surface area contributed by atoms with Gasteiger partial charge >= 0.3 is 11.9 Å². The normalized spacial score (nSPS) is 9.06. The molecule has 8 nitrogen and oxygen atoms in total. The summed E-state index contributed by atoms with van der Waals surface area (Å²) in [5.74, 6) is -0.860. The van der Waals surface area contributed by atoms with Crippen LogP contribution >= 0.6 is 0 Å². The van der Waals surface area contributed by atoms with Gasteiger partial charge in [-0.25, -0.2) is 0 Å². The zero-order valence-corrected chi connectivity index (χ0v) is 20.2. The largest absolute Gasteiger partial charge is 0.498 e. The van der Waals surface area contributed by atoms with Gasteiger partial charge in [-0.15, -0.1) is 13.2 Å². The number of carbonyl (C=O) groups excluding carboxylic acids is 2. The molecule has 0 rings (SSSR count). The highest BCUT2D eigenvalue weighted by Crippen LogP contribution is 1.96. The van der Waals surface area contributed by atoms with E-state index in [2.05, 4.69) is 48.9 Å². The van der Waals surface area contributed by atoms with E-state index in [0.29, 0.717) is 39.6 Å². The smallest absolute Gasteiger partial charge is 0.306 e. The molecule has 0 amide bonds. The molecule has 34 heavy (non-hydrogen) atoms. The number of rotatable bonds is 20. The van der Waals surface area contributed by atoms with Crippen molar-refractivity contribution in [3.8, 4) is 0 Å². The molecule has 0 heterocycles. The third-order valence-electron chi connectivity index (χ3n) is 2.88. The quantitative estimate of drug-likeness (QED) is 0.109. The van der Waals surface area contributed by atoms with E-state index in [1.165, 1.54) is 24.7 Å². The highest BCUT2D eigenvalue weighted by molar-refractivity contribution is 5.77. The Hall–Kier alpha value is -3.36. The Morgan fingerprint density at radius 1 is 0.529 bits per heavy atom. The number of carbonyl (C=O) groups is 2. The van der Waals surface area contributed by atoms with Crippen molar-refractivity contribution in [1.82, 2.24) is 0 Å². The van der Waals surface area contributed by atoms with Crippen molar-refractivity contribution in [2.45, 2.75) is 12.8 Å². The van der Waals surface area contributed by atoms with Crippen LogP contribution in [0.5, 0.6) is 0 Å². The molecule has 0 saturated carbocycles. The Bertz CT molecular complexity index is 531. The summed E-state index contributed by atoms with van der Waals surface area (Å²) in [7, 11) is 0. The monoisotopic (exact) mass is 480 g/mol. The molecule has 0 spiro atoms. The topological polar surface area (TPSA) is 89.5 Å². The first-order chi connectivity index (χ1) is 16.5. The van der Waals surface area contributed by atoms with Gasteiger partial charge in [-0.1, -0.05) is 62.8 Å². The average Bonchev–Trinajstić information content (AvgIpc) is 2.85. The Morgan fingerprint density at radius 3 is 1.18 bits per heavy atom. The van der Waals surface area contributed by atoms with Crippen molar-refractivity contribution in [1.29, 1.82) is 0 Å². The van der Waals surface area contributed by atoms with E-state index in [1.807, 2.05) is 12.2 Å². The van der Waals surface area contributed by atoms with Crippen molar-refractivity contribution in [2.24, 2.45) is 0 Å². The van der Waals surface area contributed by atoms with Gasteiger partial charge in [-0.05, 0) is 0 Å². The van der Waals surface area contributed by atoms with Crippen LogP contribution in [0.4, 0.5) is 0 Å². The summed E-state index contributed by atoms with van der Waals surface area (Å²) in [5, 5.41) is 0. The first-order valence-corrected chi connectivity index (χ1v) is 10.5. The van der Waals surface area contributed by atoms with Gasteiger partial charge in [0.2, 0.25) is 0 Å². The third kappa shape index (κ3) is 39.2. The SMILES string of the molecule is C=CCOC(=O)CCC(=O)OCC=C.C=CCOCC=CCOCC=C.C=COCCOC=C. The van der Waals surface area contributed by atoms with Gasteiger partial charge in [0, 0.05) is 0 Å². The lowest BCUT2D eigenvalue weighted by Crippen LogP contribution is -2.10. The van der Waals surface area contributed by atoms with Gasteiger partial charge in [0.05, 0.1) is 51.8 Å². The Kier molecular flexibility index (Phi) is 35.5. The predicted octanol–water partition coefficient (Wildman–Crippen LogP) is 4.48. The van der Waals surface area contributed by atoms with E-state index in [1.54, 1.807) is 12.2 Å². The van der Waals surface area contributed by atoms with Gasteiger partial charge < -0.3 is 28.4 Å². The van der Waals surface area contributed by atoms with E-state index in [-0.39, 0.29) is 26.1 Å². The van der Waals surface area contributed by atoms with E-state index >= 15 is 0 Å². The lowest BCUT2D eigenvalue weighted by Gasteiger charge is -2.02. The van der Waals surface area contributed by atoms with Crippen LogP contribution in [0.1, 0.15) is 12.8 Å². The van der Waals surface area contributed by atoms with Crippen LogP contribution in [-0.4, -0.2) is 64.8 Å². The Morgan fingerprint density at radius 2 is 0.882 bits per heavy atom. The second-order valence-electron chi connectivity index (χ2n) is 5.64. The first-order valence-electron chi connectivity index (χ1n) is 10.5. The molecular formula is C26H40O8. The molecule has 0 radical (unpaired) electrons. The van der Waals surface area contributed by atoms with Crippen molar-refractivity contribution in [3.63, 3.8) is 0 Å². The number of esters is 2. The van der Waals surface area contributed by atoms with Crippen molar-refractivity contribution >= 4 is 11.9 Å². The van der Waals surface area contributed by atoms with Crippen LogP contribution in [0.25, 0.3) is 0 Å². The van der Waals surface area contributed by atoms with Crippen molar-refractivity contribution in [2.75, 3.05) is 52.9 Å². The van der Waals surface area contributed by atoms with Gasteiger partial charge in [-0.2, -0.15) is 0 Å². The minimum atomic E-state index is -0.430. The van der Waals surface area contributed by atoms with Crippen LogP contribution in [0.3, 0.4) is 0 Å². The number of ether oxygens (including phenoxy) is 6. The Labute approximate surface area is 204 Å². The van der Waals surface area contributed by atoms with Crippen LogP contribution in [0.15, 0.2) is 88.5 Å². The molecule has 0 atom stereocenters. The van der Waals surface area contributed by atoms with E-state index < -0.39 is 11.9 Å². The molecule has 0 aliphatic heterocycles. The molecule has 0 saturated heterocycles. The zero-order chi connectivity index (χ0) is 26.1. The van der Waals surface area contributed by atoms with Crippen LogP contribution < -0.4 is 0 Å². The third-order valence-corrected chi connectivity index (χ3v) is 2.88.